The largest absolute Gasteiger partial charge is 0.491 e. The molecule has 1 amide bonds. The first-order valence-corrected chi connectivity index (χ1v) is 7.58. The fraction of sp³-hybridized carbons (Fsp3) is 0.333. The van der Waals surface area contributed by atoms with Crippen LogP contribution in [0.25, 0.3) is 0 Å². The van der Waals surface area contributed by atoms with Gasteiger partial charge in [-0.2, -0.15) is 0 Å². The number of nitrogens with zero attached hydrogens (tertiary/aromatic N) is 2. The third-order valence-electron chi connectivity index (χ3n) is 3.07. The molecule has 0 saturated heterocycles. The molecule has 0 atom stereocenters. The van der Waals surface area contributed by atoms with E-state index in [1.54, 1.807) is 17.3 Å². The average molecular weight is 305 g/mol. The minimum absolute atomic E-state index is 0.112. The van der Waals surface area contributed by atoms with Crippen LogP contribution in [0.3, 0.4) is 0 Å². The number of aromatic nitrogens is 1. The number of aryl methyl sites for hydroxylation is 1. The van der Waals surface area contributed by atoms with E-state index in [0.717, 1.165) is 16.3 Å². The van der Waals surface area contributed by atoms with Gasteiger partial charge in [0.15, 0.2) is 0 Å². The van der Waals surface area contributed by atoms with Crippen molar-refractivity contribution in [3.05, 3.63) is 45.9 Å². The van der Waals surface area contributed by atoms with Crippen LogP contribution < -0.4 is 10.5 Å². The van der Waals surface area contributed by atoms with Crippen LogP contribution in [0.1, 0.15) is 21.1 Å². The van der Waals surface area contributed by atoms with Crippen LogP contribution in [0, 0.1) is 6.92 Å². The number of rotatable bonds is 6. The van der Waals surface area contributed by atoms with Gasteiger partial charge in [-0.25, -0.2) is 4.98 Å². The van der Waals surface area contributed by atoms with Gasteiger partial charge in [-0.1, -0.05) is 18.2 Å². The summed E-state index contributed by atoms with van der Waals surface area (Å²) in [6.45, 7) is 3.30. The fourth-order valence-corrected chi connectivity index (χ4v) is 2.46. The molecule has 5 nitrogen and oxygen atoms in total. The smallest absolute Gasteiger partial charge is 0.273 e. The quantitative estimate of drug-likeness (QED) is 0.887. The van der Waals surface area contributed by atoms with Gasteiger partial charge < -0.3 is 15.4 Å². The summed E-state index contributed by atoms with van der Waals surface area (Å²) in [7, 11) is 1.74. The molecule has 0 radical (unpaired) electrons. The second kappa shape index (κ2) is 7.19. The lowest BCUT2D eigenvalue weighted by Crippen LogP contribution is -2.31. The molecule has 0 bridgehead atoms. The Labute approximate surface area is 128 Å². The van der Waals surface area contributed by atoms with Crippen LogP contribution in [0.5, 0.6) is 5.75 Å². The van der Waals surface area contributed by atoms with Gasteiger partial charge in [-0.05, 0) is 18.6 Å². The normalized spacial score (nSPS) is 10.4. The third kappa shape index (κ3) is 4.03. The Kier molecular flexibility index (Phi) is 5.30. The van der Waals surface area contributed by atoms with Gasteiger partial charge in [0.1, 0.15) is 23.1 Å². The lowest BCUT2D eigenvalue weighted by Gasteiger charge is -2.17. The van der Waals surface area contributed by atoms with E-state index >= 15 is 0 Å². The number of para-hydroxylation sites is 1. The molecule has 21 heavy (non-hydrogen) atoms. The zero-order valence-corrected chi connectivity index (χ0v) is 13.0. The summed E-state index contributed by atoms with van der Waals surface area (Å²) in [6, 6.07) is 7.81. The maximum atomic E-state index is 12.2. The van der Waals surface area contributed by atoms with Crippen molar-refractivity contribution in [3.63, 3.8) is 0 Å². The lowest BCUT2D eigenvalue weighted by atomic mass is 10.2. The van der Waals surface area contributed by atoms with Crippen LogP contribution in [-0.4, -0.2) is 36.0 Å². The Balaban J connectivity index is 1.85. The molecule has 112 valence electrons. The fourth-order valence-electron chi connectivity index (χ4n) is 1.81. The van der Waals surface area contributed by atoms with Gasteiger partial charge in [-0.3, -0.25) is 4.79 Å². The molecule has 1 aromatic heterocycles. The molecule has 0 unspecified atom stereocenters. The highest BCUT2D eigenvalue weighted by molar-refractivity contribution is 7.09. The van der Waals surface area contributed by atoms with Crippen LogP contribution in [0.4, 0.5) is 0 Å². The van der Waals surface area contributed by atoms with Crippen molar-refractivity contribution in [1.82, 2.24) is 9.88 Å². The zero-order chi connectivity index (χ0) is 15.2. The summed E-state index contributed by atoms with van der Waals surface area (Å²) in [5, 5.41) is 2.51. The number of carbonyl (C=O) groups is 1. The Morgan fingerprint density at radius 1 is 1.43 bits per heavy atom. The minimum atomic E-state index is -0.112. The third-order valence-corrected chi connectivity index (χ3v) is 3.94. The molecular weight excluding hydrogens is 286 g/mol. The summed E-state index contributed by atoms with van der Waals surface area (Å²) in [4.78, 5) is 18.0. The summed E-state index contributed by atoms with van der Waals surface area (Å²) >= 11 is 1.40. The van der Waals surface area contributed by atoms with Crippen LogP contribution in [-0.2, 0) is 6.54 Å². The SMILES string of the molecule is Cc1ccccc1OCCN(C)C(=O)c1csc(CN)n1. The van der Waals surface area contributed by atoms with Crippen molar-refractivity contribution in [2.24, 2.45) is 5.73 Å². The standard InChI is InChI=1S/C15H19N3O2S/c1-11-5-3-4-6-13(11)20-8-7-18(2)15(19)12-10-21-14(9-16)17-12/h3-6,10H,7-9,16H2,1-2H3. The monoisotopic (exact) mass is 305 g/mol. The predicted octanol–water partition coefficient (Wildman–Crippen LogP) is 2.06. The van der Waals surface area contributed by atoms with E-state index in [9.17, 15) is 4.79 Å². The molecule has 0 saturated carbocycles. The van der Waals surface area contributed by atoms with E-state index in [-0.39, 0.29) is 5.91 Å². The van der Waals surface area contributed by atoms with Crippen molar-refractivity contribution in [1.29, 1.82) is 0 Å². The lowest BCUT2D eigenvalue weighted by molar-refractivity contribution is 0.0768. The topological polar surface area (TPSA) is 68.5 Å². The maximum Gasteiger partial charge on any atom is 0.273 e. The molecule has 0 aliphatic rings. The molecule has 0 aliphatic carbocycles. The van der Waals surface area contributed by atoms with E-state index in [0.29, 0.717) is 25.4 Å². The molecular formula is C15H19N3O2S. The number of likely N-dealkylation sites (N-methyl/N-ethyl adjacent to an activating group) is 1. The Hall–Kier alpha value is -1.92. The number of thiazole rings is 1. The maximum absolute atomic E-state index is 12.2. The minimum Gasteiger partial charge on any atom is -0.491 e. The number of hydrogen-bond donors (Lipinski definition) is 1. The highest BCUT2D eigenvalue weighted by Gasteiger charge is 2.15. The Bertz CT molecular complexity index is 612. The molecule has 0 spiro atoms. The van der Waals surface area contributed by atoms with E-state index in [1.165, 1.54) is 11.3 Å². The van der Waals surface area contributed by atoms with E-state index < -0.39 is 0 Å². The van der Waals surface area contributed by atoms with Crippen molar-refractivity contribution in [3.8, 4) is 5.75 Å². The average Bonchev–Trinajstić information content (AvgIpc) is 2.97. The van der Waals surface area contributed by atoms with Crippen LogP contribution in [0.2, 0.25) is 0 Å². The summed E-state index contributed by atoms with van der Waals surface area (Å²) < 4.78 is 5.69. The molecule has 2 N–H and O–H groups in total. The highest BCUT2D eigenvalue weighted by atomic mass is 32.1. The molecule has 0 aliphatic heterocycles. The first-order chi connectivity index (χ1) is 10.1. The molecule has 1 heterocycles. The van der Waals surface area contributed by atoms with Crippen LogP contribution in [0.15, 0.2) is 29.6 Å². The summed E-state index contributed by atoms with van der Waals surface area (Å²) in [5.41, 5.74) is 7.03. The highest BCUT2D eigenvalue weighted by Crippen LogP contribution is 2.16. The molecule has 2 rings (SSSR count). The van der Waals surface area contributed by atoms with Gasteiger partial charge in [0.05, 0.1) is 6.54 Å². The Morgan fingerprint density at radius 3 is 2.86 bits per heavy atom. The van der Waals surface area contributed by atoms with E-state index in [1.807, 2.05) is 31.2 Å². The molecule has 2 aromatic rings. The molecule has 6 heteroatoms. The molecule has 0 fully saturated rings. The number of benzene rings is 1. The van der Waals surface area contributed by atoms with Gasteiger partial charge >= 0.3 is 0 Å². The second-order valence-electron chi connectivity index (χ2n) is 4.67. The number of nitrogens with two attached hydrogens (primary N) is 1. The van der Waals surface area contributed by atoms with Gasteiger partial charge in [0, 0.05) is 19.0 Å². The molecule has 1 aromatic carbocycles. The summed E-state index contributed by atoms with van der Waals surface area (Å²) in [5.74, 6) is 0.733. The van der Waals surface area contributed by atoms with Crippen molar-refractivity contribution in [2.45, 2.75) is 13.5 Å². The number of amides is 1. The van der Waals surface area contributed by atoms with Crippen LogP contribution >= 0.6 is 11.3 Å². The summed E-state index contributed by atoms with van der Waals surface area (Å²) in [6.07, 6.45) is 0. The number of ether oxygens (including phenoxy) is 1. The number of carbonyl (C=O) groups excluding carboxylic acids is 1. The van der Waals surface area contributed by atoms with E-state index in [4.69, 9.17) is 10.5 Å². The van der Waals surface area contributed by atoms with E-state index in [2.05, 4.69) is 4.98 Å². The van der Waals surface area contributed by atoms with Gasteiger partial charge in [-0.15, -0.1) is 11.3 Å². The van der Waals surface area contributed by atoms with Crippen molar-refractivity contribution < 1.29 is 9.53 Å². The second-order valence-corrected chi connectivity index (χ2v) is 5.61. The zero-order valence-electron chi connectivity index (χ0n) is 12.2. The first kappa shape index (κ1) is 15.5. The first-order valence-electron chi connectivity index (χ1n) is 6.70. The van der Waals surface area contributed by atoms with Crippen molar-refractivity contribution >= 4 is 17.2 Å². The van der Waals surface area contributed by atoms with Crippen molar-refractivity contribution in [2.75, 3.05) is 20.2 Å². The Morgan fingerprint density at radius 2 is 2.19 bits per heavy atom. The van der Waals surface area contributed by atoms with Gasteiger partial charge in [0.2, 0.25) is 0 Å². The predicted molar refractivity (Wildman–Crippen MR) is 83.6 cm³/mol. The number of hydrogen-bond acceptors (Lipinski definition) is 5. The van der Waals surface area contributed by atoms with Gasteiger partial charge in [0.25, 0.3) is 5.91 Å².